The highest BCUT2D eigenvalue weighted by molar-refractivity contribution is 7.18. The number of ketones is 1. The van der Waals surface area contributed by atoms with Crippen LogP contribution in [0.3, 0.4) is 0 Å². The minimum Gasteiger partial charge on any atom is -0.300 e. The zero-order valence-electron chi connectivity index (χ0n) is 11.9. The molecule has 0 spiro atoms. The van der Waals surface area contributed by atoms with Gasteiger partial charge in [0.2, 0.25) is 0 Å². The molecule has 106 valence electrons. The number of hydrogen-bond donors (Lipinski definition) is 0. The maximum absolute atomic E-state index is 12.8. The van der Waals surface area contributed by atoms with Gasteiger partial charge in [0.15, 0.2) is 0 Å². The summed E-state index contributed by atoms with van der Waals surface area (Å²) in [5, 5.41) is 0.809. The van der Waals surface area contributed by atoms with Gasteiger partial charge < -0.3 is 0 Å². The molecule has 0 atom stereocenters. The van der Waals surface area contributed by atoms with Crippen molar-refractivity contribution >= 4 is 27.3 Å². The summed E-state index contributed by atoms with van der Waals surface area (Å²) in [7, 11) is 0. The molecular formula is C15H18N2O2S. The van der Waals surface area contributed by atoms with E-state index in [0.717, 1.165) is 35.3 Å². The van der Waals surface area contributed by atoms with Crippen LogP contribution in [-0.2, 0) is 30.6 Å². The van der Waals surface area contributed by atoms with E-state index >= 15 is 0 Å². The Labute approximate surface area is 121 Å². The Morgan fingerprint density at radius 1 is 1.40 bits per heavy atom. The van der Waals surface area contributed by atoms with Crippen LogP contribution < -0.4 is 5.56 Å². The molecule has 2 aromatic rings. The maximum Gasteiger partial charge on any atom is 0.262 e. The third-order valence-electron chi connectivity index (χ3n) is 3.91. The van der Waals surface area contributed by atoms with Crippen molar-refractivity contribution in [3.8, 4) is 0 Å². The Balaban J connectivity index is 2.19. The SMILES string of the molecule is CCc1nc2sc3c(c2c(=O)n1CCC(C)=O)CCC3. The molecule has 0 saturated carbocycles. The lowest BCUT2D eigenvalue weighted by Crippen LogP contribution is -2.26. The topological polar surface area (TPSA) is 52.0 Å². The molecule has 2 heterocycles. The quantitative estimate of drug-likeness (QED) is 0.869. The predicted octanol–water partition coefficient (Wildman–Crippen LogP) is 2.49. The minimum atomic E-state index is 0.0486. The number of nitrogens with zero attached hydrogens (tertiary/aromatic N) is 2. The van der Waals surface area contributed by atoms with Gasteiger partial charge in [-0.1, -0.05) is 6.92 Å². The van der Waals surface area contributed by atoms with Gasteiger partial charge in [-0.25, -0.2) is 4.98 Å². The van der Waals surface area contributed by atoms with E-state index in [2.05, 4.69) is 4.98 Å². The van der Waals surface area contributed by atoms with Crippen LogP contribution in [0, 0.1) is 0 Å². The molecule has 20 heavy (non-hydrogen) atoms. The molecule has 1 aliphatic rings. The fourth-order valence-corrected chi connectivity index (χ4v) is 4.16. The normalized spacial score (nSPS) is 13.9. The first-order valence-corrected chi connectivity index (χ1v) is 7.96. The number of aryl methyl sites for hydroxylation is 3. The van der Waals surface area contributed by atoms with Gasteiger partial charge in [0, 0.05) is 24.3 Å². The standard InChI is InChI=1S/C15H18N2O2S/c1-3-12-16-14-13(10-5-4-6-11(10)20-14)15(19)17(12)8-7-9(2)18/h3-8H2,1-2H3. The number of fused-ring (bicyclic) bond motifs is 3. The van der Waals surface area contributed by atoms with Gasteiger partial charge in [0.1, 0.15) is 16.4 Å². The van der Waals surface area contributed by atoms with E-state index < -0.39 is 0 Å². The molecule has 5 heteroatoms. The van der Waals surface area contributed by atoms with Crippen molar-refractivity contribution in [1.82, 2.24) is 9.55 Å². The smallest absolute Gasteiger partial charge is 0.262 e. The van der Waals surface area contributed by atoms with E-state index in [1.807, 2.05) is 6.92 Å². The van der Waals surface area contributed by atoms with Crippen LogP contribution in [0.15, 0.2) is 4.79 Å². The highest BCUT2D eigenvalue weighted by Gasteiger charge is 2.22. The van der Waals surface area contributed by atoms with Crippen LogP contribution in [0.25, 0.3) is 10.2 Å². The zero-order chi connectivity index (χ0) is 14.3. The monoisotopic (exact) mass is 290 g/mol. The van der Waals surface area contributed by atoms with Crippen molar-refractivity contribution in [2.24, 2.45) is 0 Å². The van der Waals surface area contributed by atoms with Gasteiger partial charge in [0.05, 0.1) is 5.39 Å². The van der Waals surface area contributed by atoms with Gasteiger partial charge in [0.25, 0.3) is 5.56 Å². The third-order valence-corrected chi connectivity index (χ3v) is 5.09. The fraction of sp³-hybridized carbons (Fsp3) is 0.533. The van der Waals surface area contributed by atoms with Crippen LogP contribution in [0.4, 0.5) is 0 Å². The lowest BCUT2D eigenvalue weighted by molar-refractivity contribution is -0.117. The average Bonchev–Trinajstić information content (AvgIpc) is 2.96. The molecule has 3 rings (SSSR count). The van der Waals surface area contributed by atoms with Crippen LogP contribution in [0.5, 0.6) is 0 Å². The third kappa shape index (κ3) is 2.10. The molecule has 0 unspecified atom stereocenters. The Morgan fingerprint density at radius 2 is 2.20 bits per heavy atom. The van der Waals surface area contributed by atoms with Crippen molar-refractivity contribution in [2.45, 2.75) is 52.5 Å². The van der Waals surface area contributed by atoms with Crippen LogP contribution in [0.2, 0.25) is 0 Å². The van der Waals surface area contributed by atoms with E-state index in [1.54, 1.807) is 22.8 Å². The van der Waals surface area contributed by atoms with E-state index in [-0.39, 0.29) is 11.3 Å². The number of Topliss-reactive ketones (excluding diaryl/α,β-unsaturated/α-hetero) is 1. The van der Waals surface area contributed by atoms with Crippen molar-refractivity contribution in [3.63, 3.8) is 0 Å². The number of carbonyl (C=O) groups excluding carboxylic acids is 1. The van der Waals surface area contributed by atoms with Gasteiger partial charge in [-0.2, -0.15) is 0 Å². The van der Waals surface area contributed by atoms with Crippen LogP contribution >= 0.6 is 11.3 Å². The Bertz CT molecular complexity index is 742. The molecule has 0 radical (unpaired) electrons. The summed E-state index contributed by atoms with van der Waals surface area (Å²) in [4.78, 5) is 30.8. The molecule has 2 aromatic heterocycles. The predicted molar refractivity (Wildman–Crippen MR) is 80.6 cm³/mol. The second-order valence-electron chi connectivity index (χ2n) is 5.33. The van der Waals surface area contributed by atoms with Crippen LogP contribution in [-0.4, -0.2) is 15.3 Å². The summed E-state index contributed by atoms with van der Waals surface area (Å²) in [6.45, 7) is 4.01. The Morgan fingerprint density at radius 3 is 2.90 bits per heavy atom. The molecular weight excluding hydrogens is 272 g/mol. The summed E-state index contributed by atoms with van der Waals surface area (Å²) in [6.07, 6.45) is 4.31. The highest BCUT2D eigenvalue weighted by atomic mass is 32.1. The van der Waals surface area contributed by atoms with E-state index in [9.17, 15) is 9.59 Å². The van der Waals surface area contributed by atoms with Crippen molar-refractivity contribution < 1.29 is 4.79 Å². The first kappa shape index (κ1) is 13.5. The first-order valence-electron chi connectivity index (χ1n) is 7.15. The summed E-state index contributed by atoms with van der Waals surface area (Å²) in [5.74, 6) is 0.901. The molecule has 0 aromatic carbocycles. The Kier molecular flexibility index (Phi) is 3.46. The van der Waals surface area contributed by atoms with Gasteiger partial charge >= 0.3 is 0 Å². The largest absolute Gasteiger partial charge is 0.300 e. The highest BCUT2D eigenvalue weighted by Crippen LogP contribution is 2.34. The Hall–Kier alpha value is -1.49. The van der Waals surface area contributed by atoms with Crippen molar-refractivity contribution in [2.75, 3.05) is 0 Å². The molecule has 0 saturated heterocycles. The second-order valence-corrected chi connectivity index (χ2v) is 6.41. The van der Waals surface area contributed by atoms with E-state index in [1.165, 1.54) is 10.4 Å². The van der Waals surface area contributed by atoms with Gasteiger partial charge in [-0.15, -0.1) is 11.3 Å². The van der Waals surface area contributed by atoms with E-state index in [0.29, 0.717) is 19.4 Å². The number of thiophene rings is 1. The summed E-state index contributed by atoms with van der Waals surface area (Å²) < 4.78 is 1.70. The number of carbonyl (C=O) groups is 1. The van der Waals surface area contributed by atoms with Crippen molar-refractivity contribution in [3.05, 3.63) is 26.6 Å². The van der Waals surface area contributed by atoms with Crippen LogP contribution in [0.1, 0.15) is 43.0 Å². The summed E-state index contributed by atoms with van der Waals surface area (Å²) in [6, 6.07) is 0. The molecule has 0 fully saturated rings. The van der Waals surface area contributed by atoms with Crippen molar-refractivity contribution in [1.29, 1.82) is 0 Å². The zero-order valence-corrected chi connectivity index (χ0v) is 12.7. The molecule has 0 aliphatic heterocycles. The number of aromatic nitrogens is 2. The molecule has 0 N–H and O–H groups in total. The minimum absolute atomic E-state index is 0.0486. The molecule has 4 nitrogen and oxygen atoms in total. The summed E-state index contributed by atoms with van der Waals surface area (Å²) in [5.41, 5.74) is 1.26. The second kappa shape index (κ2) is 5.13. The van der Waals surface area contributed by atoms with Gasteiger partial charge in [-0.3, -0.25) is 14.2 Å². The summed E-state index contributed by atoms with van der Waals surface area (Å²) >= 11 is 1.67. The lowest BCUT2D eigenvalue weighted by Gasteiger charge is -2.10. The molecule has 0 amide bonds. The maximum atomic E-state index is 12.8. The first-order chi connectivity index (χ1) is 9.61. The number of rotatable bonds is 4. The van der Waals surface area contributed by atoms with E-state index in [4.69, 9.17) is 0 Å². The van der Waals surface area contributed by atoms with Gasteiger partial charge in [-0.05, 0) is 31.7 Å². The molecule has 1 aliphatic carbocycles. The lowest BCUT2D eigenvalue weighted by atomic mass is 10.2. The molecule has 0 bridgehead atoms. The average molecular weight is 290 g/mol. The fourth-order valence-electron chi connectivity index (χ4n) is 2.89. The number of hydrogen-bond acceptors (Lipinski definition) is 4.